The van der Waals surface area contributed by atoms with Gasteiger partial charge in [0.1, 0.15) is 0 Å². The van der Waals surface area contributed by atoms with Crippen molar-refractivity contribution in [1.82, 2.24) is 9.13 Å². The summed E-state index contributed by atoms with van der Waals surface area (Å²) in [6.07, 6.45) is 3.40. The first-order valence-electron chi connectivity index (χ1n) is 20.4. The second-order valence-corrected chi connectivity index (χ2v) is 16.3. The summed E-state index contributed by atoms with van der Waals surface area (Å²) in [6.45, 7) is 18.8. The van der Waals surface area contributed by atoms with E-state index < -0.39 is 0 Å². The Hall–Kier alpha value is -6.36. The summed E-state index contributed by atoms with van der Waals surface area (Å²) in [4.78, 5) is 0. The van der Waals surface area contributed by atoms with Crippen molar-refractivity contribution in [2.45, 2.75) is 27.7 Å². The molecule has 0 saturated heterocycles. The Morgan fingerprint density at radius 2 is 1.05 bits per heavy atom. The topological polar surface area (TPSA) is 9.86 Å². The number of benzene rings is 7. The lowest BCUT2D eigenvalue weighted by atomic mass is 10.00. The third-order valence-corrected chi connectivity index (χ3v) is 12.1. The van der Waals surface area contributed by atoms with Crippen molar-refractivity contribution in [3.63, 3.8) is 0 Å². The van der Waals surface area contributed by atoms with Gasteiger partial charge in [0.15, 0.2) is 0 Å². The van der Waals surface area contributed by atoms with E-state index in [4.69, 9.17) is 23.2 Å². The molecule has 2 nitrogen and oxygen atoms in total. The van der Waals surface area contributed by atoms with Crippen molar-refractivity contribution in [3.8, 4) is 33.6 Å². The molecule has 0 amide bonds. The number of aryl methyl sites for hydroxylation is 2. The SMILES string of the molecule is C=CC(=C)Cl.C=Cc1c(C)cc(C)n1-c1ccccc1.CC.Clc1ccc(-c2ccc3c(c2)sc2ccc(-c4ccc5c6ccccc6n(-c6ccccc6)c5c4)cc23)cc1. The van der Waals surface area contributed by atoms with Crippen LogP contribution in [0.5, 0.6) is 0 Å². The largest absolute Gasteiger partial charge is 0.314 e. The van der Waals surface area contributed by atoms with Crippen LogP contribution in [0, 0.1) is 13.8 Å². The maximum atomic E-state index is 6.11. The molecule has 0 unspecified atom stereocenters. The number of allylic oxidation sites excluding steroid dienone is 2. The molecule has 0 fully saturated rings. The fraction of sp³-hybridized carbons (Fsp3) is 0.0714. The lowest BCUT2D eigenvalue weighted by Crippen LogP contribution is -1.98. The summed E-state index contributed by atoms with van der Waals surface area (Å²) >= 11 is 13.1. The predicted octanol–water partition coefficient (Wildman–Crippen LogP) is 17.8. The van der Waals surface area contributed by atoms with E-state index in [1.807, 2.05) is 49.5 Å². The van der Waals surface area contributed by atoms with Crippen LogP contribution in [0.2, 0.25) is 5.02 Å². The van der Waals surface area contributed by atoms with Crippen molar-refractivity contribution >= 4 is 82.6 Å². The van der Waals surface area contributed by atoms with E-state index in [2.05, 4.69) is 194 Å². The molecule has 0 spiro atoms. The number of aromatic nitrogens is 2. The van der Waals surface area contributed by atoms with Crippen molar-refractivity contribution in [2.24, 2.45) is 0 Å². The fourth-order valence-electron chi connectivity index (χ4n) is 7.77. The van der Waals surface area contributed by atoms with Gasteiger partial charge in [0.2, 0.25) is 0 Å². The highest BCUT2D eigenvalue weighted by Gasteiger charge is 2.14. The number of halogens is 2. The highest BCUT2D eigenvalue weighted by atomic mass is 35.5. The maximum Gasteiger partial charge on any atom is 0.0547 e. The first-order valence-corrected chi connectivity index (χ1v) is 22.0. The Labute approximate surface area is 373 Å². The van der Waals surface area contributed by atoms with Crippen LogP contribution in [-0.4, -0.2) is 9.13 Å². The van der Waals surface area contributed by atoms with Gasteiger partial charge in [0.05, 0.1) is 11.0 Å². The van der Waals surface area contributed by atoms with E-state index in [0.717, 1.165) is 5.02 Å². The lowest BCUT2D eigenvalue weighted by Gasteiger charge is -2.09. The monoisotopic (exact) mass is 850 g/mol. The first kappa shape index (κ1) is 42.8. The smallest absolute Gasteiger partial charge is 0.0547 e. The Bertz CT molecular complexity index is 3130. The van der Waals surface area contributed by atoms with Crippen molar-refractivity contribution < 1.29 is 0 Å². The average Bonchev–Trinajstić information content (AvgIpc) is 3.94. The summed E-state index contributed by atoms with van der Waals surface area (Å²) in [6, 6.07) is 60.5. The minimum absolute atomic E-state index is 0.491. The Morgan fingerprint density at radius 1 is 0.525 bits per heavy atom. The predicted molar refractivity (Wildman–Crippen MR) is 271 cm³/mol. The second kappa shape index (κ2) is 19.4. The van der Waals surface area contributed by atoms with E-state index in [1.54, 1.807) is 0 Å². The molecule has 7 aromatic carbocycles. The van der Waals surface area contributed by atoms with E-state index >= 15 is 0 Å². The zero-order valence-corrected chi connectivity index (χ0v) is 37.3. The van der Waals surface area contributed by atoms with Crippen LogP contribution in [0.1, 0.15) is 30.8 Å². The molecule has 0 radical (unpaired) electrons. The van der Waals surface area contributed by atoms with Crippen LogP contribution in [0.25, 0.3) is 81.7 Å². The van der Waals surface area contributed by atoms with Gasteiger partial charge in [-0.3, -0.25) is 0 Å². The third kappa shape index (κ3) is 9.06. The molecule has 10 rings (SSSR count). The molecular formula is C56H48Cl2N2S. The molecule has 0 N–H and O–H groups in total. The normalized spacial score (nSPS) is 10.7. The highest BCUT2D eigenvalue weighted by molar-refractivity contribution is 7.25. The number of hydrogen-bond acceptors (Lipinski definition) is 1. The van der Waals surface area contributed by atoms with E-state index in [0.29, 0.717) is 5.03 Å². The quantitative estimate of drug-likeness (QED) is 0.148. The molecule has 0 saturated carbocycles. The third-order valence-electron chi connectivity index (χ3n) is 10.5. The zero-order valence-electron chi connectivity index (χ0n) is 35.0. The molecule has 0 aliphatic rings. The molecule has 3 heterocycles. The summed E-state index contributed by atoms with van der Waals surface area (Å²) < 4.78 is 7.21. The van der Waals surface area contributed by atoms with Gasteiger partial charge in [0, 0.05) is 63.8 Å². The number of thiophene rings is 1. The van der Waals surface area contributed by atoms with Crippen LogP contribution in [0.4, 0.5) is 0 Å². The van der Waals surface area contributed by atoms with Gasteiger partial charge in [-0.25, -0.2) is 0 Å². The Balaban J connectivity index is 0.000000212. The molecule has 61 heavy (non-hydrogen) atoms. The van der Waals surface area contributed by atoms with Gasteiger partial charge >= 0.3 is 0 Å². The second-order valence-electron chi connectivity index (χ2n) is 14.3. The number of rotatable bonds is 6. The van der Waals surface area contributed by atoms with Crippen LogP contribution in [0.15, 0.2) is 201 Å². The summed E-state index contributed by atoms with van der Waals surface area (Å²) in [7, 11) is 0. The lowest BCUT2D eigenvalue weighted by molar-refractivity contribution is 0.999. The summed E-state index contributed by atoms with van der Waals surface area (Å²) in [5, 5.41) is 6.41. The number of hydrogen-bond donors (Lipinski definition) is 0. The van der Waals surface area contributed by atoms with Gasteiger partial charge in [-0.05, 0) is 121 Å². The van der Waals surface area contributed by atoms with Crippen LogP contribution in [-0.2, 0) is 0 Å². The van der Waals surface area contributed by atoms with Gasteiger partial charge < -0.3 is 9.13 Å². The van der Waals surface area contributed by atoms with Crippen molar-refractivity contribution in [2.75, 3.05) is 0 Å². The molecule has 0 aliphatic carbocycles. The Kier molecular flexibility index (Phi) is 13.6. The first-order chi connectivity index (χ1) is 29.7. The molecular weight excluding hydrogens is 804 g/mol. The molecule has 302 valence electrons. The summed E-state index contributed by atoms with van der Waals surface area (Å²) in [5.41, 5.74) is 13.4. The molecule has 0 atom stereocenters. The van der Waals surface area contributed by atoms with Gasteiger partial charge in [0.25, 0.3) is 0 Å². The van der Waals surface area contributed by atoms with E-state index in [9.17, 15) is 0 Å². The number of para-hydroxylation sites is 3. The van der Waals surface area contributed by atoms with Crippen LogP contribution >= 0.6 is 34.5 Å². The Morgan fingerprint density at radius 3 is 1.69 bits per heavy atom. The van der Waals surface area contributed by atoms with Gasteiger partial charge in [-0.15, -0.1) is 11.3 Å². The summed E-state index contributed by atoms with van der Waals surface area (Å²) in [5.74, 6) is 0. The molecule has 5 heteroatoms. The molecule has 3 aromatic heterocycles. The average molecular weight is 852 g/mol. The molecule has 0 bridgehead atoms. The number of fused-ring (bicyclic) bond motifs is 6. The molecule has 10 aromatic rings. The van der Waals surface area contributed by atoms with Crippen LogP contribution < -0.4 is 0 Å². The minimum atomic E-state index is 0.491. The highest BCUT2D eigenvalue weighted by Crippen LogP contribution is 2.40. The van der Waals surface area contributed by atoms with Crippen molar-refractivity contribution in [3.05, 3.63) is 223 Å². The van der Waals surface area contributed by atoms with Gasteiger partial charge in [-0.2, -0.15) is 0 Å². The van der Waals surface area contributed by atoms with Gasteiger partial charge in [-0.1, -0.05) is 160 Å². The standard InChI is InChI=1S/C36H22ClNS.C14H15N.C4H5Cl.C2H6/c37-27-15-10-23(11-16-27)26-13-18-31-32-20-24(14-19-35(32)39-36(31)22-26)25-12-17-30-29-8-4-5-9-33(29)38(34(30)21-25)28-6-2-1-3-7-28;1-4-14-11(2)10-12(3)15(14)13-8-6-5-7-9-13;1-3-4(2)5;1-2/h1-22H;4-10H,1H2,2-3H3;3H,1-2H2;1-2H3. The van der Waals surface area contributed by atoms with Crippen molar-refractivity contribution in [1.29, 1.82) is 0 Å². The van der Waals surface area contributed by atoms with Crippen LogP contribution in [0.3, 0.4) is 0 Å². The fourth-order valence-corrected chi connectivity index (χ4v) is 9.03. The zero-order chi connectivity index (χ0) is 43.0. The number of nitrogens with zero attached hydrogens (tertiary/aromatic N) is 2. The minimum Gasteiger partial charge on any atom is -0.314 e. The maximum absolute atomic E-state index is 6.11. The van der Waals surface area contributed by atoms with E-state index in [-0.39, 0.29) is 0 Å². The van der Waals surface area contributed by atoms with E-state index in [1.165, 1.54) is 98.6 Å². The molecule has 0 aliphatic heterocycles.